The minimum Gasteiger partial charge on any atom is -0.302 e. The first-order valence-electron chi connectivity index (χ1n) is 6.08. The maximum atomic E-state index is 11.2. The van der Waals surface area contributed by atoms with Gasteiger partial charge >= 0.3 is 5.56 Å². The van der Waals surface area contributed by atoms with Crippen molar-refractivity contribution in [2.75, 3.05) is 0 Å². The molecule has 18 heavy (non-hydrogen) atoms. The zero-order valence-electron chi connectivity index (χ0n) is 10.3. The number of hydrogen-bond acceptors (Lipinski definition) is 2. The normalized spacial score (nSPS) is 10.5. The summed E-state index contributed by atoms with van der Waals surface area (Å²) in [7, 11) is 0. The molecule has 1 aromatic heterocycles. The summed E-state index contributed by atoms with van der Waals surface area (Å²) in [6.45, 7) is 2.13. The fourth-order valence-corrected chi connectivity index (χ4v) is 2.01. The Morgan fingerprint density at radius 1 is 1.00 bits per heavy atom. The zero-order chi connectivity index (χ0) is 13.0. The Kier molecular flexibility index (Phi) is 3.77. The first-order chi connectivity index (χ1) is 8.70. The molecule has 0 unspecified atom stereocenters. The van der Waals surface area contributed by atoms with E-state index in [9.17, 15) is 9.59 Å². The molecule has 94 valence electrons. The van der Waals surface area contributed by atoms with Crippen LogP contribution in [0.15, 0.2) is 39.9 Å². The topological polar surface area (TPSA) is 65.7 Å². The van der Waals surface area contributed by atoms with Crippen molar-refractivity contribution < 1.29 is 0 Å². The SMILES string of the molecule is CCc1ccccc1CCc1cc(=O)c(=O)[nH][nH]1. The molecule has 0 aliphatic heterocycles. The number of aromatic amines is 2. The molecule has 0 amide bonds. The summed E-state index contributed by atoms with van der Waals surface area (Å²) in [6, 6.07) is 9.63. The number of benzene rings is 1. The van der Waals surface area contributed by atoms with Crippen LogP contribution in [0, 0.1) is 0 Å². The van der Waals surface area contributed by atoms with Crippen LogP contribution >= 0.6 is 0 Å². The zero-order valence-corrected chi connectivity index (χ0v) is 10.3. The number of aromatic nitrogens is 2. The Hall–Kier alpha value is -2.10. The van der Waals surface area contributed by atoms with E-state index < -0.39 is 11.0 Å². The number of H-pyrrole nitrogens is 2. The molecule has 0 saturated heterocycles. The molecule has 0 spiro atoms. The van der Waals surface area contributed by atoms with Gasteiger partial charge in [0, 0.05) is 11.8 Å². The second-order valence-corrected chi connectivity index (χ2v) is 4.24. The molecule has 0 radical (unpaired) electrons. The van der Waals surface area contributed by atoms with Gasteiger partial charge in [-0.25, -0.2) is 0 Å². The molecule has 2 rings (SSSR count). The van der Waals surface area contributed by atoms with E-state index in [1.54, 1.807) is 0 Å². The third-order valence-electron chi connectivity index (χ3n) is 3.03. The van der Waals surface area contributed by atoms with Crippen LogP contribution in [-0.4, -0.2) is 10.2 Å². The van der Waals surface area contributed by atoms with Crippen molar-refractivity contribution in [1.29, 1.82) is 0 Å². The van der Waals surface area contributed by atoms with Crippen molar-refractivity contribution in [3.63, 3.8) is 0 Å². The Bertz CT molecular complexity index is 640. The average molecular weight is 244 g/mol. The van der Waals surface area contributed by atoms with Crippen LogP contribution in [0.5, 0.6) is 0 Å². The number of aryl methyl sites for hydroxylation is 3. The molecule has 1 heterocycles. The predicted molar refractivity (Wildman–Crippen MR) is 70.9 cm³/mol. The minimum atomic E-state index is -0.604. The van der Waals surface area contributed by atoms with E-state index in [0.29, 0.717) is 6.42 Å². The summed E-state index contributed by atoms with van der Waals surface area (Å²) in [5, 5.41) is 5.09. The quantitative estimate of drug-likeness (QED) is 0.799. The van der Waals surface area contributed by atoms with Gasteiger partial charge in [-0.3, -0.25) is 14.7 Å². The van der Waals surface area contributed by atoms with Crippen molar-refractivity contribution in [2.24, 2.45) is 0 Å². The monoisotopic (exact) mass is 244 g/mol. The largest absolute Gasteiger partial charge is 0.310 e. The van der Waals surface area contributed by atoms with Crippen LogP contribution in [0.4, 0.5) is 0 Å². The van der Waals surface area contributed by atoms with Crippen LogP contribution in [0.25, 0.3) is 0 Å². The average Bonchev–Trinajstić information content (AvgIpc) is 2.40. The second kappa shape index (κ2) is 5.49. The van der Waals surface area contributed by atoms with Gasteiger partial charge in [0.1, 0.15) is 0 Å². The molecule has 0 fully saturated rings. The Morgan fingerprint density at radius 2 is 1.72 bits per heavy atom. The summed E-state index contributed by atoms with van der Waals surface area (Å²) < 4.78 is 0. The van der Waals surface area contributed by atoms with Crippen LogP contribution in [0.3, 0.4) is 0 Å². The predicted octanol–water partition coefficient (Wildman–Crippen LogP) is 1.41. The van der Waals surface area contributed by atoms with Gasteiger partial charge in [0.15, 0.2) is 0 Å². The van der Waals surface area contributed by atoms with E-state index in [-0.39, 0.29) is 0 Å². The van der Waals surface area contributed by atoms with Gasteiger partial charge < -0.3 is 5.10 Å². The van der Waals surface area contributed by atoms with Crippen LogP contribution in [0.1, 0.15) is 23.7 Å². The van der Waals surface area contributed by atoms with Crippen LogP contribution in [-0.2, 0) is 19.3 Å². The fraction of sp³-hybridized carbons (Fsp3) is 0.286. The lowest BCUT2D eigenvalue weighted by Gasteiger charge is -2.07. The Balaban J connectivity index is 2.14. The summed E-state index contributed by atoms with van der Waals surface area (Å²) in [5.41, 5.74) is 2.27. The van der Waals surface area contributed by atoms with Gasteiger partial charge in [-0.1, -0.05) is 31.2 Å². The van der Waals surface area contributed by atoms with Crippen molar-refractivity contribution in [3.05, 3.63) is 67.7 Å². The number of hydrogen-bond donors (Lipinski definition) is 2. The lowest BCUT2D eigenvalue weighted by molar-refractivity contribution is 0.831. The first kappa shape index (κ1) is 12.4. The molecule has 2 aromatic rings. The second-order valence-electron chi connectivity index (χ2n) is 4.24. The van der Waals surface area contributed by atoms with Gasteiger partial charge in [-0.2, -0.15) is 0 Å². The molecule has 0 aliphatic carbocycles. The highest BCUT2D eigenvalue weighted by Crippen LogP contribution is 2.11. The Morgan fingerprint density at radius 3 is 2.39 bits per heavy atom. The van der Waals surface area contributed by atoms with E-state index in [1.165, 1.54) is 17.2 Å². The number of rotatable bonds is 4. The van der Waals surface area contributed by atoms with Crippen LogP contribution < -0.4 is 11.0 Å². The molecule has 4 heteroatoms. The van der Waals surface area contributed by atoms with E-state index >= 15 is 0 Å². The van der Waals surface area contributed by atoms with E-state index in [2.05, 4.69) is 29.3 Å². The maximum Gasteiger partial charge on any atom is 0.310 e. The summed E-state index contributed by atoms with van der Waals surface area (Å²) in [5.74, 6) is 0. The molecule has 0 atom stereocenters. The molecule has 0 bridgehead atoms. The maximum absolute atomic E-state index is 11.2. The van der Waals surface area contributed by atoms with Crippen LogP contribution in [0.2, 0.25) is 0 Å². The number of nitrogens with one attached hydrogen (secondary N) is 2. The van der Waals surface area contributed by atoms with Gasteiger partial charge in [0.05, 0.1) is 0 Å². The summed E-state index contributed by atoms with van der Waals surface area (Å²) >= 11 is 0. The van der Waals surface area contributed by atoms with E-state index in [4.69, 9.17) is 0 Å². The third kappa shape index (κ3) is 2.77. The van der Waals surface area contributed by atoms with Crippen molar-refractivity contribution >= 4 is 0 Å². The summed E-state index contributed by atoms with van der Waals surface area (Å²) in [4.78, 5) is 22.2. The van der Waals surface area contributed by atoms with Gasteiger partial charge in [0.25, 0.3) is 0 Å². The van der Waals surface area contributed by atoms with Crippen molar-refractivity contribution in [1.82, 2.24) is 10.2 Å². The highest BCUT2D eigenvalue weighted by atomic mass is 16.2. The molecule has 1 aromatic carbocycles. The molecule has 0 saturated carbocycles. The Labute approximate surface area is 105 Å². The molecular formula is C14H16N2O2. The lowest BCUT2D eigenvalue weighted by atomic mass is 10.0. The summed E-state index contributed by atoms with van der Waals surface area (Å²) in [6.07, 6.45) is 2.56. The highest BCUT2D eigenvalue weighted by Gasteiger charge is 2.02. The smallest absolute Gasteiger partial charge is 0.302 e. The molecule has 4 nitrogen and oxygen atoms in total. The molecular weight excluding hydrogens is 228 g/mol. The fourth-order valence-electron chi connectivity index (χ4n) is 2.01. The van der Waals surface area contributed by atoms with Crippen molar-refractivity contribution in [3.8, 4) is 0 Å². The van der Waals surface area contributed by atoms with E-state index in [0.717, 1.165) is 18.5 Å². The van der Waals surface area contributed by atoms with E-state index in [1.807, 2.05) is 12.1 Å². The van der Waals surface area contributed by atoms with Gasteiger partial charge in [-0.05, 0) is 30.4 Å². The molecule has 2 N–H and O–H groups in total. The molecule has 0 aliphatic rings. The first-order valence-corrected chi connectivity index (χ1v) is 6.08. The standard InChI is InChI=1S/C14H16N2O2/c1-2-10-5-3-4-6-11(10)7-8-12-9-13(17)14(18)16-15-12/h3-6,9H,2,7-8H2,1H3,(H,15,17)(H,16,18). The minimum absolute atomic E-state index is 0.493. The van der Waals surface area contributed by atoms with Crippen molar-refractivity contribution in [2.45, 2.75) is 26.2 Å². The third-order valence-corrected chi connectivity index (χ3v) is 3.03. The lowest BCUT2D eigenvalue weighted by Crippen LogP contribution is -2.27. The highest BCUT2D eigenvalue weighted by molar-refractivity contribution is 5.27. The van der Waals surface area contributed by atoms with Gasteiger partial charge in [0.2, 0.25) is 5.43 Å². The van der Waals surface area contributed by atoms with Gasteiger partial charge in [-0.15, -0.1) is 0 Å².